The molecular formula is C11H10ClN3O2S. The van der Waals surface area contributed by atoms with E-state index in [1.54, 1.807) is 6.20 Å². The minimum atomic E-state index is -0.558. The van der Waals surface area contributed by atoms with Gasteiger partial charge < -0.3 is 4.74 Å². The first-order chi connectivity index (χ1) is 8.79. The third-order valence-electron chi connectivity index (χ3n) is 1.95. The van der Waals surface area contributed by atoms with Gasteiger partial charge >= 0.3 is 6.09 Å². The molecule has 0 spiro atoms. The van der Waals surface area contributed by atoms with Crippen LogP contribution in [0.4, 0.5) is 9.93 Å². The topological polar surface area (TPSA) is 64.1 Å². The van der Waals surface area contributed by atoms with Crippen molar-refractivity contribution in [3.05, 3.63) is 29.8 Å². The van der Waals surface area contributed by atoms with Gasteiger partial charge in [0.05, 0.1) is 11.6 Å². The largest absolute Gasteiger partial charge is 0.448 e. The fraction of sp³-hybridized carbons (Fsp3) is 0.182. The maximum absolute atomic E-state index is 11.3. The molecule has 0 radical (unpaired) electrons. The number of carbonyl (C=O) groups is 1. The Hall–Kier alpha value is -1.66. The van der Waals surface area contributed by atoms with Gasteiger partial charge in [-0.15, -0.1) is 22.9 Å². The SMILES string of the molecule is O=C(Nc1nc(-c2ccccn2)cs1)OCCCl. The fourth-order valence-corrected chi connectivity index (χ4v) is 1.98. The number of carbonyl (C=O) groups excluding carboxylic acids is 1. The van der Waals surface area contributed by atoms with Crippen molar-refractivity contribution in [1.29, 1.82) is 0 Å². The second-order valence-electron chi connectivity index (χ2n) is 3.20. The van der Waals surface area contributed by atoms with Crippen molar-refractivity contribution in [3.8, 4) is 11.4 Å². The maximum Gasteiger partial charge on any atom is 0.413 e. The van der Waals surface area contributed by atoms with E-state index in [-0.39, 0.29) is 12.5 Å². The van der Waals surface area contributed by atoms with Crippen LogP contribution in [0.1, 0.15) is 0 Å². The number of amides is 1. The minimum Gasteiger partial charge on any atom is -0.448 e. The van der Waals surface area contributed by atoms with Gasteiger partial charge in [-0.3, -0.25) is 10.3 Å². The van der Waals surface area contributed by atoms with E-state index in [0.717, 1.165) is 5.69 Å². The molecule has 0 saturated carbocycles. The first-order valence-corrected chi connectivity index (χ1v) is 6.57. The van der Waals surface area contributed by atoms with Crippen LogP contribution in [0, 0.1) is 0 Å². The number of nitrogens with one attached hydrogen (secondary N) is 1. The van der Waals surface area contributed by atoms with E-state index in [9.17, 15) is 4.79 Å². The zero-order valence-corrected chi connectivity index (χ0v) is 10.9. The summed E-state index contributed by atoms with van der Waals surface area (Å²) >= 11 is 6.72. The molecule has 2 rings (SSSR count). The number of anilines is 1. The highest BCUT2D eigenvalue weighted by Gasteiger charge is 2.08. The Morgan fingerprint density at radius 3 is 3.06 bits per heavy atom. The molecule has 94 valence electrons. The molecule has 0 atom stereocenters. The van der Waals surface area contributed by atoms with Crippen LogP contribution < -0.4 is 5.32 Å². The normalized spacial score (nSPS) is 10.1. The summed E-state index contributed by atoms with van der Waals surface area (Å²) in [5.41, 5.74) is 1.48. The predicted octanol–water partition coefficient (Wildman–Crippen LogP) is 2.99. The van der Waals surface area contributed by atoms with Crippen LogP contribution in [0.15, 0.2) is 29.8 Å². The quantitative estimate of drug-likeness (QED) is 0.876. The second kappa shape index (κ2) is 6.32. The summed E-state index contributed by atoms with van der Waals surface area (Å²) in [6.45, 7) is 0.172. The first-order valence-electron chi connectivity index (χ1n) is 5.16. The van der Waals surface area contributed by atoms with Gasteiger partial charge in [-0.1, -0.05) is 6.07 Å². The lowest BCUT2D eigenvalue weighted by Gasteiger charge is -2.01. The number of halogens is 1. The molecule has 2 heterocycles. The summed E-state index contributed by atoms with van der Waals surface area (Å²) in [5, 5.41) is 4.81. The Morgan fingerprint density at radius 2 is 2.33 bits per heavy atom. The number of nitrogens with zero attached hydrogens (tertiary/aromatic N) is 2. The zero-order chi connectivity index (χ0) is 12.8. The van der Waals surface area contributed by atoms with E-state index in [1.165, 1.54) is 11.3 Å². The van der Waals surface area contributed by atoms with E-state index in [1.807, 2.05) is 23.6 Å². The molecular weight excluding hydrogens is 274 g/mol. The Labute approximate surface area is 113 Å². The monoisotopic (exact) mass is 283 g/mol. The van der Waals surface area contributed by atoms with Crippen molar-refractivity contribution in [2.24, 2.45) is 0 Å². The van der Waals surface area contributed by atoms with Crippen molar-refractivity contribution in [1.82, 2.24) is 9.97 Å². The van der Waals surface area contributed by atoms with E-state index in [4.69, 9.17) is 16.3 Å². The van der Waals surface area contributed by atoms with Gasteiger partial charge in [0.25, 0.3) is 0 Å². The van der Waals surface area contributed by atoms with Gasteiger partial charge in [0.2, 0.25) is 0 Å². The molecule has 18 heavy (non-hydrogen) atoms. The average Bonchev–Trinajstić information content (AvgIpc) is 2.86. The Morgan fingerprint density at radius 1 is 1.44 bits per heavy atom. The Bertz CT molecular complexity index is 518. The maximum atomic E-state index is 11.3. The van der Waals surface area contributed by atoms with Crippen molar-refractivity contribution in [3.63, 3.8) is 0 Å². The molecule has 2 aromatic heterocycles. The summed E-state index contributed by atoms with van der Waals surface area (Å²) in [6.07, 6.45) is 1.13. The van der Waals surface area contributed by atoms with E-state index in [2.05, 4.69) is 15.3 Å². The molecule has 5 nitrogen and oxygen atoms in total. The molecule has 2 aromatic rings. The Kier molecular flexibility index (Phi) is 4.49. The summed E-state index contributed by atoms with van der Waals surface area (Å²) in [6, 6.07) is 5.56. The summed E-state index contributed by atoms with van der Waals surface area (Å²) in [5.74, 6) is 0.268. The van der Waals surface area contributed by atoms with Crippen LogP contribution in [-0.2, 0) is 4.74 Å². The average molecular weight is 284 g/mol. The number of thiazole rings is 1. The van der Waals surface area contributed by atoms with Crippen molar-refractivity contribution in [2.45, 2.75) is 0 Å². The molecule has 0 aliphatic carbocycles. The smallest absolute Gasteiger partial charge is 0.413 e. The van der Waals surface area contributed by atoms with E-state index in [0.29, 0.717) is 10.8 Å². The lowest BCUT2D eigenvalue weighted by molar-refractivity contribution is 0.168. The third-order valence-corrected chi connectivity index (χ3v) is 2.86. The van der Waals surface area contributed by atoms with E-state index >= 15 is 0 Å². The molecule has 0 aliphatic heterocycles. The van der Waals surface area contributed by atoms with E-state index < -0.39 is 6.09 Å². The van der Waals surface area contributed by atoms with Crippen LogP contribution >= 0.6 is 22.9 Å². The van der Waals surface area contributed by atoms with Gasteiger partial charge in [-0.2, -0.15) is 0 Å². The number of ether oxygens (including phenoxy) is 1. The zero-order valence-electron chi connectivity index (χ0n) is 9.30. The molecule has 0 bridgehead atoms. The highest BCUT2D eigenvalue weighted by molar-refractivity contribution is 7.14. The number of aromatic nitrogens is 2. The van der Waals surface area contributed by atoms with Gasteiger partial charge in [-0.05, 0) is 12.1 Å². The highest BCUT2D eigenvalue weighted by atomic mass is 35.5. The molecule has 1 N–H and O–H groups in total. The van der Waals surface area contributed by atoms with Gasteiger partial charge in [0.1, 0.15) is 12.3 Å². The molecule has 0 saturated heterocycles. The number of hydrogen-bond acceptors (Lipinski definition) is 5. The summed E-state index contributed by atoms with van der Waals surface area (Å²) in [4.78, 5) is 19.7. The number of alkyl halides is 1. The lowest BCUT2D eigenvalue weighted by Crippen LogP contribution is -2.14. The second-order valence-corrected chi connectivity index (χ2v) is 4.44. The van der Waals surface area contributed by atoms with Gasteiger partial charge in [-0.25, -0.2) is 9.78 Å². The fourth-order valence-electron chi connectivity index (χ4n) is 1.22. The minimum absolute atomic E-state index is 0.172. The summed E-state index contributed by atoms with van der Waals surface area (Å²) < 4.78 is 4.78. The standard InChI is InChI=1S/C11H10ClN3O2S/c12-4-6-17-11(16)15-10-14-9(7-18-10)8-3-1-2-5-13-8/h1-3,5,7H,4,6H2,(H,14,15,16). The van der Waals surface area contributed by atoms with Gasteiger partial charge in [0, 0.05) is 11.6 Å². The summed E-state index contributed by atoms with van der Waals surface area (Å²) in [7, 11) is 0. The first kappa shape index (κ1) is 12.8. The highest BCUT2D eigenvalue weighted by Crippen LogP contribution is 2.23. The molecule has 7 heteroatoms. The molecule has 0 unspecified atom stereocenters. The molecule has 0 aliphatic rings. The number of rotatable bonds is 4. The Balaban J connectivity index is 2.00. The van der Waals surface area contributed by atoms with Gasteiger partial charge in [0.15, 0.2) is 5.13 Å². The van der Waals surface area contributed by atoms with Crippen molar-refractivity contribution >= 4 is 34.2 Å². The van der Waals surface area contributed by atoms with Crippen molar-refractivity contribution < 1.29 is 9.53 Å². The molecule has 0 fully saturated rings. The number of hydrogen-bond donors (Lipinski definition) is 1. The number of pyridine rings is 1. The predicted molar refractivity (Wildman–Crippen MR) is 71.0 cm³/mol. The lowest BCUT2D eigenvalue weighted by atomic mass is 10.3. The molecule has 0 aromatic carbocycles. The van der Waals surface area contributed by atoms with Crippen LogP contribution in [0.25, 0.3) is 11.4 Å². The van der Waals surface area contributed by atoms with Crippen LogP contribution in [0.5, 0.6) is 0 Å². The van der Waals surface area contributed by atoms with Crippen molar-refractivity contribution in [2.75, 3.05) is 17.8 Å². The van der Waals surface area contributed by atoms with Crippen LogP contribution in [-0.4, -0.2) is 28.5 Å². The third kappa shape index (κ3) is 3.41. The van der Waals surface area contributed by atoms with Crippen LogP contribution in [0.2, 0.25) is 0 Å². The molecule has 1 amide bonds. The van der Waals surface area contributed by atoms with Crippen LogP contribution in [0.3, 0.4) is 0 Å².